The summed E-state index contributed by atoms with van der Waals surface area (Å²) in [6, 6.07) is 85.0. The molecule has 0 fully saturated rings. The first kappa shape index (κ1) is 35.2. The molecule has 0 saturated heterocycles. The lowest BCUT2D eigenvalue weighted by molar-refractivity contribution is 0.669. The Morgan fingerprint density at radius 1 is 0.283 bits per heavy atom. The van der Waals surface area contributed by atoms with Crippen molar-refractivity contribution in [3.8, 4) is 55.6 Å². The predicted octanol–water partition coefficient (Wildman–Crippen LogP) is 16.5. The van der Waals surface area contributed by atoms with Crippen molar-refractivity contribution >= 4 is 49.8 Å². The van der Waals surface area contributed by atoms with Gasteiger partial charge in [-0.2, -0.15) is 0 Å². The number of fused-ring (bicyclic) bond motifs is 4. The van der Waals surface area contributed by atoms with Crippen molar-refractivity contribution in [2.24, 2.45) is 0 Å². The van der Waals surface area contributed by atoms with Gasteiger partial charge in [0.25, 0.3) is 0 Å². The molecule has 0 unspecified atom stereocenters. The fraction of sp³-hybridized carbons (Fsp3) is 0. The molecule has 0 aliphatic heterocycles. The molecule has 0 saturated carbocycles. The number of para-hydroxylation sites is 2. The van der Waals surface area contributed by atoms with Crippen molar-refractivity contribution in [2.45, 2.75) is 0 Å². The van der Waals surface area contributed by atoms with Crippen molar-refractivity contribution in [3.63, 3.8) is 0 Å². The SMILES string of the molecule is c1ccc(-c2ccc(-c3ccc(N(c4cccc(-c5ccc6oc7ccccc7c6c5)c4)c4ccccc4-c4cccc5cccc(-c6ccccc6)c45)cc3)cc2)cc1. The van der Waals surface area contributed by atoms with E-state index in [-0.39, 0.29) is 0 Å². The standard InChI is InChI=1S/C58H39NO/c1-3-14-40(15-4-1)41-28-30-42(31-29-41)43-32-35-48(36-33-43)59(49-21-11-20-46(38-49)47-34-37-57-54(39-47)52-23-8-10-27-56(52)60-57)55-26-9-7-22-51(55)53-25-13-19-45-18-12-24-50(58(45)53)44-16-5-2-6-17-44/h1-39H. The van der Waals surface area contributed by atoms with Crippen molar-refractivity contribution < 1.29 is 4.42 Å². The molecule has 0 aliphatic rings. The summed E-state index contributed by atoms with van der Waals surface area (Å²) in [6.07, 6.45) is 0. The summed E-state index contributed by atoms with van der Waals surface area (Å²) in [5.74, 6) is 0. The molecule has 2 nitrogen and oxygen atoms in total. The first-order chi connectivity index (χ1) is 29.7. The third kappa shape index (κ3) is 6.41. The van der Waals surface area contributed by atoms with Crippen molar-refractivity contribution in [3.05, 3.63) is 237 Å². The van der Waals surface area contributed by atoms with Gasteiger partial charge in [-0.15, -0.1) is 0 Å². The van der Waals surface area contributed by atoms with Crippen LogP contribution in [0.1, 0.15) is 0 Å². The molecule has 1 aromatic heterocycles. The van der Waals surface area contributed by atoms with E-state index in [1.54, 1.807) is 0 Å². The highest BCUT2D eigenvalue weighted by molar-refractivity contribution is 6.09. The molecule has 11 rings (SSSR count). The monoisotopic (exact) mass is 765 g/mol. The van der Waals surface area contributed by atoms with Gasteiger partial charge in [0.1, 0.15) is 11.2 Å². The van der Waals surface area contributed by atoms with Gasteiger partial charge < -0.3 is 9.32 Å². The van der Waals surface area contributed by atoms with Crippen LogP contribution >= 0.6 is 0 Å². The largest absolute Gasteiger partial charge is 0.456 e. The minimum Gasteiger partial charge on any atom is -0.456 e. The van der Waals surface area contributed by atoms with E-state index in [1.807, 2.05) is 12.1 Å². The Labute approximate surface area is 349 Å². The Hall–Kier alpha value is -7.94. The Balaban J connectivity index is 1.06. The molecule has 0 atom stereocenters. The van der Waals surface area contributed by atoms with Crippen molar-refractivity contribution in [2.75, 3.05) is 4.90 Å². The summed E-state index contributed by atoms with van der Waals surface area (Å²) in [4.78, 5) is 2.41. The van der Waals surface area contributed by atoms with E-state index in [2.05, 4.69) is 229 Å². The highest BCUT2D eigenvalue weighted by atomic mass is 16.3. The van der Waals surface area contributed by atoms with E-state index < -0.39 is 0 Å². The van der Waals surface area contributed by atoms with Crippen LogP contribution in [-0.4, -0.2) is 0 Å². The lowest BCUT2D eigenvalue weighted by Gasteiger charge is -2.29. The molecular formula is C58H39NO. The molecule has 11 aromatic rings. The van der Waals surface area contributed by atoms with Crippen LogP contribution in [0, 0.1) is 0 Å². The van der Waals surface area contributed by atoms with Crippen LogP contribution in [0.3, 0.4) is 0 Å². The summed E-state index contributed by atoms with van der Waals surface area (Å²) in [5, 5.41) is 4.69. The average Bonchev–Trinajstić information content (AvgIpc) is 3.70. The van der Waals surface area contributed by atoms with Gasteiger partial charge in [-0.1, -0.05) is 188 Å². The summed E-state index contributed by atoms with van der Waals surface area (Å²) >= 11 is 0. The molecule has 0 bridgehead atoms. The molecule has 10 aromatic carbocycles. The number of hydrogen-bond acceptors (Lipinski definition) is 2. The van der Waals surface area contributed by atoms with E-state index in [1.165, 1.54) is 49.7 Å². The maximum absolute atomic E-state index is 6.20. The molecule has 2 heteroatoms. The smallest absolute Gasteiger partial charge is 0.135 e. The summed E-state index contributed by atoms with van der Waals surface area (Å²) in [5.41, 5.74) is 16.9. The Morgan fingerprint density at radius 2 is 0.800 bits per heavy atom. The summed E-state index contributed by atoms with van der Waals surface area (Å²) in [7, 11) is 0. The fourth-order valence-corrected chi connectivity index (χ4v) is 8.77. The lowest BCUT2D eigenvalue weighted by Crippen LogP contribution is -2.11. The molecule has 60 heavy (non-hydrogen) atoms. The first-order valence-electron chi connectivity index (χ1n) is 20.5. The fourth-order valence-electron chi connectivity index (χ4n) is 8.77. The minimum atomic E-state index is 0.895. The maximum Gasteiger partial charge on any atom is 0.135 e. The van der Waals surface area contributed by atoms with Crippen molar-refractivity contribution in [1.29, 1.82) is 0 Å². The van der Waals surface area contributed by atoms with Gasteiger partial charge in [-0.3, -0.25) is 0 Å². The number of anilines is 3. The predicted molar refractivity (Wildman–Crippen MR) is 253 cm³/mol. The van der Waals surface area contributed by atoms with E-state index in [9.17, 15) is 0 Å². The zero-order valence-corrected chi connectivity index (χ0v) is 32.9. The van der Waals surface area contributed by atoms with Crippen LogP contribution in [0.25, 0.3) is 88.3 Å². The molecule has 0 N–H and O–H groups in total. The molecule has 282 valence electrons. The second kappa shape index (κ2) is 15.1. The minimum absolute atomic E-state index is 0.895. The molecule has 1 heterocycles. The molecule has 0 amide bonds. The highest BCUT2D eigenvalue weighted by Crippen LogP contribution is 2.46. The van der Waals surface area contributed by atoms with E-state index in [0.29, 0.717) is 0 Å². The number of furan rings is 1. The van der Waals surface area contributed by atoms with Gasteiger partial charge in [0.05, 0.1) is 5.69 Å². The Morgan fingerprint density at radius 3 is 1.55 bits per heavy atom. The van der Waals surface area contributed by atoms with Gasteiger partial charge in [-0.25, -0.2) is 0 Å². The van der Waals surface area contributed by atoms with Gasteiger partial charge in [0, 0.05) is 27.7 Å². The normalized spacial score (nSPS) is 11.3. The van der Waals surface area contributed by atoms with Gasteiger partial charge in [0.15, 0.2) is 0 Å². The van der Waals surface area contributed by atoms with E-state index in [4.69, 9.17) is 4.42 Å². The number of benzene rings is 10. The number of nitrogens with zero attached hydrogens (tertiary/aromatic N) is 1. The van der Waals surface area contributed by atoms with Crippen LogP contribution in [0.2, 0.25) is 0 Å². The Kier molecular flexibility index (Phi) is 8.87. The second-order valence-corrected chi connectivity index (χ2v) is 15.3. The van der Waals surface area contributed by atoms with Crippen LogP contribution in [0.4, 0.5) is 17.1 Å². The third-order valence-electron chi connectivity index (χ3n) is 11.7. The molecular weight excluding hydrogens is 727 g/mol. The van der Waals surface area contributed by atoms with Gasteiger partial charge in [0.2, 0.25) is 0 Å². The van der Waals surface area contributed by atoms with E-state index >= 15 is 0 Å². The van der Waals surface area contributed by atoms with E-state index in [0.717, 1.165) is 55.7 Å². The molecule has 0 spiro atoms. The average molecular weight is 766 g/mol. The summed E-state index contributed by atoms with van der Waals surface area (Å²) in [6.45, 7) is 0. The second-order valence-electron chi connectivity index (χ2n) is 15.3. The molecule has 0 radical (unpaired) electrons. The van der Waals surface area contributed by atoms with Crippen molar-refractivity contribution in [1.82, 2.24) is 0 Å². The van der Waals surface area contributed by atoms with Gasteiger partial charge in [-0.05, 0) is 109 Å². The lowest BCUT2D eigenvalue weighted by atomic mass is 9.90. The zero-order chi connectivity index (χ0) is 39.8. The van der Waals surface area contributed by atoms with Crippen LogP contribution in [0.5, 0.6) is 0 Å². The highest BCUT2D eigenvalue weighted by Gasteiger charge is 2.20. The third-order valence-corrected chi connectivity index (χ3v) is 11.7. The number of hydrogen-bond donors (Lipinski definition) is 0. The van der Waals surface area contributed by atoms with Crippen LogP contribution in [0.15, 0.2) is 241 Å². The summed E-state index contributed by atoms with van der Waals surface area (Å²) < 4.78 is 6.20. The first-order valence-corrected chi connectivity index (χ1v) is 20.5. The quantitative estimate of drug-likeness (QED) is 0.153. The zero-order valence-electron chi connectivity index (χ0n) is 32.9. The number of rotatable bonds is 8. The molecule has 0 aliphatic carbocycles. The van der Waals surface area contributed by atoms with Gasteiger partial charge >= 0.3 is 0 Å². The Bertz CT molecular complexity index is 3290. The topological polar surface area (TPSA) is 16.4 Å². The van der Waals surface area contributed by atoms with Crippen LogP contribution in [-0.2, 0) is 0 Å². The van der Waals surface area contributed by atoms with Crippen LogP contribution < -0.4 is 4.90 Å². The maximum atomic E-state index is 6.20.